The maximum atomic E-state index is 13.5. The number of sulfonamides is 1. The molecule has 0 aliphatic rings. The summed E-state index contributed by atoms with van der Waals surface area (Å²) in [4.78, 5) is 24.7. The van der Waals surface area contributed by atoms with Crippen LogP contribution in [0.4, 0.5) is 11.5 Å². The van der Waals surface area contributed by atoms with E-state index in [1.807, 2.05) is 50.2 Å². The molecule has 11 heteroatoms. The number of nitrogens with zero attached hydrogens (tertiary/aromatic N) is 3. The van der Waals surface area contributed by atoms with Crippen LogP contribution in [0, 0.1) is 5.92 Å². The first-order valence-electron chi connectivity index (χ1n) is 12.6. The summed E-state index contributed by atoms with van der Waals surface area (Å²) in [5.41, 5.74) is 2.49. The molecule has 0 saturated carbocycles. The molecule has 4 aromatic rings. The smallest absolute Gasteiger partial charge is 0.243 e. The lowest BCUT2D eigenvalue weighted by Gasteiger charge is -2.23. The van der Waals surface area contributed by atoms with Gasteiger partial charge in [0.05, 0.1) is 27.8 Å². The summed E-state index contributed by atoms with van der Waals surface area (Å²) in [6, 6.07) is 24.1. The first kappa shape index (κ1) is 29.0. The molecule has 2 amide bonds. The van der Waals surface area contributed by atoms with E-state index in [-0.39, 0.29) is 23.3 Å². The van der Waals surface area contributed by atoms with Gasteiger partial charge in [-0.2, -0.15) is 9.40 Å². The molecule has 40 heavy (non-hydrogen) atoms. The molecule has 0 spiro atoms. The second kappa shape index (κ2) is 12.5. The van der Waals surface area contributed by atoms with Crippen molar-refractivity contribution in [3.63, 3.8) is 0 Å². The Morgan fingerprint density at radius 3 is 2.23 bits per heavy atom. The first-order chi connectivity index (χ1) is 19.0. The lowest BCUT2D eigenvalue weighted by Crippen LogP contribution is -2.40. The quantitative estimate of drug-likeness (QED) is 0.260. The number of amides is 2. The van der Waals surface area contributed by atoms with Crippen molar-refractivity contribution >= 4 is 44.9 Å². The predicted molar refractivity (Wildman–Crippen MR) is 157 cm³/mol. The number of carbonyl (C=O) groups is 2. The number of hydrogen-bond acceptors (Lipinski definition) is 5. The molecule has 1 heterocycles. The van der Waals surface area contributed by atoms with Crippen LogP contribution in [0.1, 0.15) is 20.8 Å². The van der Waals surface area contributed by atoms with E-state index in [1.165, 1.54) is 35.9 Å². The zero-order valence-electron chi connectivity index (χ0n) is 22.3. The second-order valence-corrected chi connectivity index (χ2v) is 11.9. The van der Waals surface area contributed by atoms with Crippen LogP contribution in [0.15, 0.2) is 89.8 Å². The summed E-state index contributed by atoms with van der Waals surface area (Å²) in [6.07, 6.45) is 0. The van der Waals surface area contributed by atoms with Gasteiger partial charge in [0.1, 0.15) is 5.82 Å². The number of rotatable bonds is 10. The molecule has 0 saturated heterocycles. The number of aromatic nitrogens is 2. The largest absolute Gasteiger partial charge is 0.326 e. The molecule has 3 aromatic carbocycles. The number of hydrogen-bond donors (Lipinski definition) is 2. The van der Waals surface area contributed by atoms with Crippen molar-refractivity contribution in [1.82, 2.24) is 14.1 Å². The third kappa shape index (κ3) is 6.95. The van der Waals surface area contributed by atoms with Gasteiger partial charge in [0.15, 0.2) is 0 Å². The standard InChI is InChI=1S/C29H30ClN5O4S/c1-20(2)18-34(40(38,39)24-15-13-23(14-16-24)31-21(3)36)19-29(37)32-28-17-26(22-9-5-4-6-10-22)33-35(28)27-12-8-7-11-25(27)30/h4-17,20H,18-19H2,1-3H3,(H,31,36)(H,32,37). The van der Waals surface area contributed by atoms with Crippen molar-refractivity contribution in [2.75, 3.05) is 23.7 Å². The maximum absolute atomic E-state index is 13.5. The molecule has 0 bridgehead atoms. The molecule has 0 aliphatic heterocycles. The highest BCUT2D eigenvalue weighted by Gasteiger charge is 2.28. The van der Waals surface area contributed by atoms with E-state index in [0.29, 0.717) is 27.9 Å². The van der Waals surface area contributed by atoms with E-state index in [9.17, 15) is 18.0 Å². The van der Waals surface area contributed by atoms with Gasteiger partial charge in [-0.15, -0.1) is 0 Å². The topological polar surface area (TPSA) is 113 Å². The van der Waals surface area contributed by atoms with Gasteiger partial charge in [0.25, 0.3) is 0 Å². The van der Waals surface area contributed by atoms with Gasteiger partial charge in [0, 0.05) is 30.8 Å². The molecule has 0 fully saturated rings. The Bertz CT molecular complexity index is 1600. The Morgan fingerprint density at radius 1 is 0.950 bits per heavy atom. The maximum Gasteiger partial charge on any atom is 0.243 e. The van der Waals surface area contributed by atoms with Crippen molar-refractivity contribution < 1.29 is 18.0 Å². The van der Waals surface area contributed by atoms with Crippen LogP contribution in [-0.2, 0) is 19.6 Å². The number of halogens is 1. The lowest BCUT2D eigenvalue weighted by atomic mass is 10.1. The molecule has 1 aromatic heterocycles. The van der Waals surface area contributed by atoms with Crippen molar-refractivity contribution in [2.24, 2.45) is 5.92 Å². The fourth-order valence-electron chi connectivity index (χ4n) is 4.09. The van der Waals surface area contributed by atoms with Crippen LogP contribution in [0.3, 0.4) is 0 Å². The third-order valence-corrected chi connectivity index (χ3v) is 7.97. The highest BCUT2D eigenvalue weighted by molar-refractivity contribution is 7.89. The SMILES string of the molecule is CC(=O)Nc1ccc(S(=O)(=O)N(CC(=O)Nc2cc(-c3ccccc3)nn2-c2ccccc2Cl)CC(C)C)cc1. The van der Waals surface area contributed by atoms with Crippen molar-refractivity contribution in [2.45, 2.75) is 25.7 Å². The van der Waals surface area contributed by atoms with Crippen LogP contribution >= 0.6 is 11.6 Å². The predicted octanol–water partition coefficient (Wildman–Crippen LogP) is 5.44. The molecule has 0 unspecified atom stereocenters. The van der Waals surface area contributed by atoms with E-state index in [0.717, 1.165) is 9.87 Å². The fourth-order valence-corrected chi connectivity index (χ4v) is 5.86. The van der Waals surface area contributed by atoms with E-state index >= 15 is 0 Å². The summed E-state index contributed by atoms with van der Waals surface area (Å²) in [6.45, 7) is 4.83. The Balaban J connectivity index is 1.63. The Morgan fingerprint density at radius 2 is 1.60 bits per heavy atom. The van der Waals surface area contributed by atoms with Crippen molar-refractivity contribution in [3.8, 4) is 16.9 Å². The zero-order chi connectivity index (χ0) is 28.9. The first-order valence-corrected chi connectivity index (χ1v) is 14.4. The van der Waals surface area contributed by atoms with E-state index < -0.39 is 22.5 Å². The highest BCUT2D eigenvalue weighted by Crippen LogP contribution is 2.28. The normalized spacial score (nSPS) is 11.6. The Kier molecular flexibility index (Phi) is 9.03. The third-order valence-electron chi connectivity index (χ3n) is 5.83. The van der Waals surface area contributed by atoms with E-state index in [1.54, 1.807) is 24.3 Å². The molecule has 0 atom stereocenters. The summed E-state index contributed by atoms with van der Waals surface area (Å²) in [5, 5.41) is 10.6. The van der Waals surface area contributed by atoms with Gasteiger partial charge in [-0.3, -0.25) is 9.59 Å². The number of carbonyl (C=O) groups excluding carboxylic acids is 2. The van der Waals surface area contributed by atoms with Crippen molar-refractivity contribution in [1.29, 1.82) is 0 Å². The van der Waals surface area contributed by atoms with Crippen molar-refractivity contribution in [3.05, 3.63) is 90.0 Å². The minimum absolute atomic E-state index is 0.0162. The Labute approximate surface area is 238 Å². The molecular formula is C29H30ClN5O4S. The summed E-state index contributed by atoms with van der Waals surface area (Å²) in [5.74, 6) is -0.495. The van der Waals surface area contributed by atoms with Crippen LogP contribution in [0.25, 0.3) is 16.9 Å². The van der Waals surface area contributed by atoms with Gasteiger partial charge >= 0.3 is 0 Å². The van der Waals surface area contributed by atoms with Gasteiger partial charge in [-0.05, 0) is 42.3 Å². The summed E-state index contributed by atoms with van der Waals surface area (Å²) >= 11 is 6.45. The van der Waals surface area contributed by atoms with Crippen LogP contribution in [0.5, 0.6) is 0 Å². The average molecular weight is 580 g/mol. The Hall–Kier alpha value is -3.99. The molecular weight excluding hydrogens is 550 g/mol. The summed E-state index contributed by atoms with van der Waals surface area (Å²) < 4.78 is 29.7. The van der Waals surface area contributed by atoms with Crippen LogP contribution < -0.4 is 10.6 Å². The minimum atomic E-state index is -4.02. The molecule has 0 radical (unpaired) electrons. The highest BCUT2D eigenvalue weighted by atomic mass is 35.5. The minimum Gasteiger partial charge on any atom is -0.326 e. The average Bonchev–Trinajstić information content (AvgIpc) is 3.32. The monoisotopic (exact) mass is 579 g/mol. The van der Waals surface area contributed by atoms with Crippen LogP contribution in [-0.4, -0.2) is 47.4 Å². The molecule has 9 nitrogen and oxygen atoms in total. The van der Waals surface area contributed by atoms with Gasteiger partial charge in [0.2, 0.25) is 21.8 Å². The molecule has 208 valence electrons. The van der Waals surface area contributed by atoms with E-state index in [4.69, 9.17) is 11.6 Å². The van der Waals surface area contributed by atoms with Crippen LogP contribution in [0.2, 0.25) is 5.02 Å². The molecule has 0 aliphatic carbocycles. The van der Waals surface area contributed by atoms with Gasteiger partial charge in [-0.25, -0.2) is 13.1 Å². The summed E-state index contributed by atoms with van der Waals surface area (Å²) in [7, 11) is -4.02. The van der Waals surface area contributed by atoms with Gasteiger partial charge < -0.3 is 10.6 Å². The number of nitrogens with one attached hydrogen (secondary N) is 2. The molecule has 2 N–H and O–H groups in total. The fraction of sp³-hybridized carbons (Fsp3) is 0.207. The van der Waals surface area contributed by atoms with E-state index in [2.05, 4.69) is 15.7 Å². The zero-order valence-corrected chi connectivity index (χ0v) is 23.9. The lowest BCUT2D eigenvalue weighted by molar-refractivity contribution is -0.116. The number of benzene rings is 3. The van der Waals surface area contributed by atoms with Gasteiger partial charge in [-0.1, -0.05) is 67.9 Å². The molecule has 4 rings (SSSR count). The second-order valence-electron chi connectivity index (χ2n) is 9.59. The number of anilines is 2. The number of para-hydroxylation sites is 1.